The maximum Gasteiger partial charge on any atom is 0.326 e. The highest BCUT2D eigenvalue weighted by atomic mass is 35.5. The first kappa shape index (κ1) is 27.2. The maximum absolute atomic E-state index is 14.1. The maximum atomic E-state index is 14.1. The molecule has 1 fully saturated rings. The highest BCUT2D eigenvalue weighted by Gasteiger charge is 2.40. The average Bonchev–Trinajstić information content (AvgIpc) is 2.96. The fourth-order valence-corrected chi connectivity index (χ4v) is 5.61. The van der Waals surface area contributed by atoms with Gasteiger partial charge in [0.15, 0.2) is 6.10 Å². The number of rotatable bonds is 8. The molecule has 1 amide bonds. The van der Waals surface area contributed by atoms with Gasteiger partial charge in [0.2, 0.25) is 0 Å². The lowest BCUT2D eigenvalue weighted by Gasteiger charge is -2.38. The van der Waals surface area contributed by atoms with Gasteiger partial charge in [-0.05, 0) is 48.4 Å². The molecule has 1 aliphatic heterocycles. The second-order valence-corrected chi connectivity index (χ2v) is 10.6. The number of carboxylic acid groups (broad SMARTS) is 1. The highest BCUT2D eigenvalue weighted by molar-refractivity contribution is 6.32. The lowest BCUT2D eigenvalue weighted by atomic mass is 9.91. The van der Waals surface area contributed by atoms with Gasteiger partial charge in [-0.25, -0.2) is 4.79 Å². The minimum Gasteiger partial charge on any atom is -0.487 e. The summed E-state index contributed by atoms with van der Waals surface area (Å²) in [5.74, 6) is -1.05. The number of carbonyl (C=O) groups excluding carboxylic acids is 1. The van der Waals surface area contributed by atoms with Crippen molar-refractivity contribution in [1.29, 1.82) is 0 Å². The Kier molecular flexibility index (Phi) is 8.50. The second-order valence-electron chi connectivity index (χ2n) is 10.2. The van der Waals surface area contributed by atoms with E-state index < -0.39 is 24.0 Å². The van der Waals surface area contributed by atoms with Crippen LogP contribution in [0, 0.1) is 0 Å². The molecule has 1 heterocycles. The van der Waals surface area contributed by atoms with Crippen LogP contribution >= 0.6 is 11.6 Å². The van der Waals surface area contributed by atoms with Crippen molar-refractivity contribution < 1.29 is 29.3 Å². The standard InChI is InChI=1S/C31H32ClNO6/c32-26-16-11-22-18-33(27(31(36)37)17-25(22)29(26)38-19-20-7-3-1-4-8-20)30(35)28(21-9-5-2-6-10-21)39-24-14-12-23(34)13-15-24/h1-11,16,23-24,27-28,34H,12-15,17-19H2,(H,36,37)/t23?,24?,27-,28+/m0/s1. The number of hydrogen-bond donors (Lipinski definition) is 2. The molecule has 204 valence electrons. The van der Waals surface area contributed by atoms with Gasteiger partial charge in [0.1, 0.15) is 18.4 Å². The number of ether oxygens (including phenoxy) is 2. The average molecular weight is 550 g/mol. The van der Waals surface area contributed by atoms with Gasteiger partial charge in [-0.3, -0.25) is 4.79 Å². The van der Waals surface area contributed by atoms with E-state index in [1.54, 1.807) is 6.07 Å². The third-order valence-electron chi connectivity index (χ3n) is 7.52. The van der Waals surface area contributed by atoms with Crippen molar-refractivity contribution in [3.63, 3.8) is 0 Å². The van der Waals surface area contributed by atoms with Crippen molar-refractivity contribution in [3.8, 4) is 5.75 Å². The number of aliphatic hydroxyl groups excluding tert-OH is 1. The molecule has 3 aromatic rings. The number of halogens is 1. The van der Waals surface area contributed by atoms with E-state index in [2.05, 4.69) is 0 Å². The fourth-order valence-electron chi connectivity index (χ4n) is 5.38. The number of hydrogen-bond acceptors (Lipinski definition) is 5. The Morgan fingerprint density at radius 1 is 0.949 bits per heavy atom. The lowest BCUT2D eigenvalue weighted by molar-refractivity contribution is -0.161. The van der Waals surface area contributed by atoms with Crippen molar-refractivity contribution in [1.82, 2.24) is 4.90 Å². The van der Waals surface area contributed by atoms with Crippen molar-refractivity contribution in [2.75, 3.05) is 0 Å². The molecule has 8 heteroatoms. The van der Waals surface area contributed by atoms with Crippen molar-refractivity contribution in [2.45, 2.75) is 69.6 Å². The topological polar surface area (TPSA) is 96.3 Å². The van der Waals surface area contributed by atoms with Gasteiger partial charge in [0.05, 0.1) is 17.2 Å². The van der Waals surface area contributed by atoms with Gasteiger partial charge in [0.25, 0.3) is 5.91 Å². The van der Waals surface area contributed by atoms with Crippen LogP contribution in [-0.4, -0.2) is 45.2 Å². The van der Waals surface area contributed by atoms with Gasteiger partial charge < -0.3 is 24.6 Å². The number of aliphatic carboxylic acids is 1. The van der Waals surface area contributed by atoms with E-state index in [-0.39, 0.29) is 31.8 Å². The van der Waals surface area contributed by atoms with Crippen LogP contribution in [0.2, 0.25) is 5.02 Å². The molecular weight excluding hydrogens is 518 g/mol. The predicted octanol–water partition coefficient (Wildman–Crippen LogP) is 5.32. The van der Waals surface area contributed by atoms with Crippen LogP contribution in [0.1, 0.15) is 54.0 Å². The third-order valence-corrected chi connectivity index (χ3v) is 7.81. The summed E-state index contributed by atoms with van der Waals surface area (Å²) >= 11 is 6.51. The molecule has 1 saturated carbocycles. The predicted molar refractivity (Wildman–Crippen MR) is 146 cm³/mol. The molecule has 0 saturated heterocycles. The minimum atomic E-state index is -1.11. The number of carbonyl (C=O) groups is 2. The first-order valence-electron chi connectivity index (χ1n) is 13.3. The molecule has 0 radical (unpaired) electrons. The van der Waals surface area contributed by atoms with E-state index in [1.165, 1.54) is 4.90 Å². The Labute approximate surface area is 232 Å². The Hall–Kier alpha value is -3.39. The van der Waals surface area contributed by atoms with Crippen molar-refractivity contribution in [2.24, 2.45) is 0 Å². The van der Waals surface area contributed by atoms with E-state index >= 15 is 0 Å². The molecule has 2 atom stereocenters. The second kappa shape index (κ2) is 12.2. The van der Waals surface area contributed by atoms with E-state index in [0.29, 0.717) is 47.6 Å². The van der Waals surface area contributed by atoms with E-state index in [1.807, 2.05) is 66.7 Å². The summed E-state index contributed by atoms with van der Waals surface area (Å²) in [6.07, 6.45) is 1.08. The van der Waals surface area contributed by atoms with Gasteiger partial charge in [-0.2, -0.15) is 0 Å². The van der Waals surface area contributed by atoms with E-state index in [4.69, 9.17) is 21.1 Å². The number of fused-ring (bicyclic) bond motifs is 1. The van der Waals surface area contributed by atoms with Crippen molar-refractivity contribution >= 4 is 23.5 Å². The molecule has 7 nitrogen and oxygen atoms in total. The van der Waals surface area contributed by atoms with E-state index in [9.17, 15) is 19.8 Å². The molecule has 0 unspecified atom stereocenters. The van der Waals surface area contributed by atoms with Gasteiger partial charge in [0, 0.05) is 18.5 Å². The Balaban J connectivity index is 1.43. The van der Waals surface area contributed by atoms with Crippen LogP contribution in [0.5, 0.6) is 5.75 Å². The fraction of sp³-hybridized carbons (Fsp3) is 0.355. The zero-order valence-electron chi connectivity index (χ0n) is 21.5. The summed E-state index contributed by atoms with van der Waals surface area (Å²) in [5, 5.41) is 20.5. The molecular formula is C31H32ClNO6. The zero-order valence-corrected chi connectivity index (χ0v) is 22.3. The number of benzene rings is 3. The number of carboxylic acids is 1. The van der Waals surface area contributed by atoms with Crippen LogP contribution in [0.3, 0.4) is 0 Å². The van der Waals surface area contributed by atoms with Crippen LogP contribution in [0.25, 0.3) is 0 Å². The largest absolute Gasteiger partial charge is 0.487 e. The van der Waals surface area contributed by atoms with Gasteiger partial charge >= 0.3 is 5.97 Å². The summed E-state index contributed by atoms with van der Waals surface area (Å²) in [6, 6.07) is 21.3. The summed E-state index contributed by atoms with van der Waals surface area (Å²) < 4.78 is 12.4. The molecule has 0 spiro atoms. The van der Waals surface area contributed by atoms with Crippen LogP contribution in [0.15, 0.2) is 72.8 Å². The Morgan fingerprint density at radius 2 is 1.62 bits per heavy atom. The SMILES string of the molecule is O=C(O)[C@@H]1Cc2c(ccc(Cl)c2OCc2ccccc2)CN1C(=O)[C@H](OC1CCC(O)CC1)c1ccccc1. The number of aliphatic hydroxyl groups is 1. The summed E-state index contributed by atoms with van der Waals surface area (Å²) in [7, 11) is 0. The number of nitrogens with zero attached hydrogens (tertiary/aromatic N) is 1. The minimum absolute atomic E-state index is 0.0677. The van der Waals surface area contributed by atoms with Crippen LogP contribution < -0.4 is 4.74 Å². The molecule has 2 N–H and O–H groups in total. The first-order valence-corrected chi connectivity index (χ1v) is 13.7. The molecule has 0 aromatic heterocycles. The molecule has 0 bridgehead atoms. The summed E-state index contributed by atoms with van der Waals surface area (Å²) in [4.78, 5) is 28.0. The van der Waals surface area contributed by atoms with Crippen LogP contribution in [0.4, 0.5) is 0 Å². The highest BCUT2D eigenvalue weighted by Crippen LogP contribution is 2.39. The summed E-state index contributed by atoms with van der Waals surface area (Å²) in [5.41, 5.74) is 3.13. The monoisotopic (exact) mass is 549 g/mol. The normalized spacial score (nSPS) is 21.6. The molecule has 3 aromatic carbocycles. The zero-order chi connectivity index (χ0) is 27.4. The summed E-state index contributed by atoms with van der Waals surface area (Å²) in [6.45, 7) is 0.386. The quantitative estimate of drug-likeness (QED) is 0.395. The molecule has 5 rings (SSSR count). The smallest absolute Gasteiger partial charge is 0.326 e. The third kappa shape index (κ3) is 6.27. The molecule has 39 heavy (non-hydrogen) atoms. The molecule has 2 aliphatic rings. The Morgan fingerprint density at radius 3 is 2.28 bits per heavy atom. The van der Waals surface area contributed by atoms with E-state index in [0.717, 1.165) is 11.1 Å². The first-order chi connectivity index (χ1) is 18.9. The van der Waals surface area contributed by atoms with Crippen molar-refractivity contribution in [3.05, 3.63) is 100 Å². The molecule has 1 aliphatic carbocycles. The van der Waals surface area contributed by atoms with Gasteiger partial charge in [-0.1, -0.05) is 78.3 Å². The number of amides is 1. The lowest BCUT2D eigenvalue weighted by Crippen LogP contribution is -2.51. The van der Waals surface area contributed by atoms with Crippen LogP contribution in [-0.2, 0) is 33.9 Å². The van der Waals surface area contributed by atoms with Gasteiger partial charge in [-0.15, -0.1) is 0 Å². The Bertz CT molecular complexity index is 1290.